The van der Waals surface area contributed by atoms with E-state index in [1.807, 2.05) is 6.92 Å². The second kappa shape index (κ2) is 7.04. The average Bonchev–Trinajstić information content (AvgIpc) is 3.04. The molecular weight excluding hydrogens is 346 g/mol. The van der Waals surface area contributed by atoms with Crippen LogP contribution >= 0.6 is 11.3 Å². The van der Waals surface area contributed by atoms with Crippen LogP contribution in [-0.4, -0.2) is 62.9 Å². The van der Waals surface area contributed by atoms with Gasteiger partial charge in [-0.05, 0) is 32.9 Å². The Morgan fingerprint density at radius 3 is 2.62 bits per heavy atom. The fourth-order valence-corrected chi connectivity index (χ4v) is 5.32. The van der Waals surface area contributed by atoms with Crippen LogP contribution in [0.1, 0.15) is 47.5 Å². The SMILES string of the molecule is Cc1nc(-c2ncccn2)sc1C(=O)N1CCN(C)CC12CCCCC2. The molecule has 6 nitrogen and oxygen atoms in total. The van der Waals surface area contributed by atoms with Crippen LogP contribution in [0.5, 0.6) is 0 Å². The molecule has 1 saturated carbocycles. The maximum absolute atomic E-state index is 13.5. The first-order chi connectivity index (χ1) is 12.6. The Kier molecular flexibility index (Phi) is 4.75. The predicted octanol–water partition coefficient (Wildman–Crippen LogP) is 3.00. The highest BCUT2D eigenvalue weighted by molar-refractivity contribution is 7.17. The highest BCUT2D eigenvalue weighted by atomic mass is 32.1. The summed E-state index contributed by atoms with van der Waals surface area (Å²) in [6.45, 7) is 4.62. The van der Waals surface area contributed by atoms with E-state index in [0.717, 1.165) is 48.1 Å². The van der Waals surface area contributed by atoms with Gasteiger partial charge in [-0.1, -0.05) is 19.3 Å². The molecule has 0 aromatic carbocycles. The molecule has 1 aliphatic carbocycles. The quantitative estimate of drug-likeness (QED) is 0.812. The van der Waals surface area contributed by atoms with Crippen LogP contribution < -0.4 is 0 Å². The topological polar surface area (TPSA) is 62.2 Å². The van der Waals surface area contributed by atoms with Gasteiger partial charge >= 0.3 is 0 Å². The van der Waals surface area contributed by atoms with Crippen molar-refractivity contribution >= 4 is 17.2 Å². The molecule has 1 spiro atoms. The van der Waals surface area contributed by atoms with Crippen LogP contribution in [0.15, 0.2) is 18.5 Å². The first-order valence-electron chi connectivity index (χ1n) is 9.34. The van der Waals surface area contributed by atoms with E-state index in [-0.39, 0.29) is 11.4 Å². The van der Waals surface area contributed by atoms with E-state index in [2.05, 4.69) is 31.8 Å². The number of rotatable bonds is 2. The van der Waals surface area contributed by atoms with Crippen LogP contribution in [-0.2, 0) is 0 Å². The molecule has 1 amide bonds. The van der Waals surface area contributed by atoms with E-state index in [4.69, 9.17) is 0 Å². The fraction of sp³-hybridized carbons (Fsp3) is 0.579. The van der Waals surface area contributed by atoms with E-state index in [1.54, 1.807) is 18.5 Å². The van der Waals surface area contributed by atoms with Crippen molar-refractivity contribution in [3.63, 3.8) is 0 Å². The zero-order chi connectivity index (χ0) is 18.1. The maximum Gasteiger partial charge on any atom is 0.266 e. The van der Waals surface area contributed by atoms with E-state index < -0.39 is 0 Å². The number of likely N-dealkylation sites (N-methyl/N-ethyl adjacent to an activating group) is 1. The van der Waals surface area contributed by atoms with E-state index in [9.17, 15) is 4.79 Å². The largest absolute Gasteiger partial charge is 0.330 e. The van der Waals surface area contributed by atoms with E-state index in [0.29, 0.717) is 5.82 Å². The van der Waals surface area contributed by atoms with Crippen LogP contribution in [0.25, 0.3) is 10.8 Å². The van der Waals surface area contributed by atoms with Crippen molar-refractivity contribution < 1.29 is 4.79 Å². The fourth-order valence-electron chi connectivity index (χ4n) is 4.35. The highest BCUT2D eigenvalue weighted by Gasteiger charge is 2.44. The Labute approximate surface area is 158 Å². The van der Waals surface area contributed by atoms with Gasteiger partial charge in [0.2, 0.25) is 0 Å². The Hall–Kier alpha value is -1.86. The molecule has 1 saturated heterocycles. The van der Waals surface area contributed by atoms with Crippen LogP contribution in [0.4, 0.5) is 0 Å². The third-order valence-electron chi connectivity index (χ3n) is 5.62. The molecule has 3 heterocycles. The number of nitrogens with zero attached hydrogens (tertiary/aromatic N) is 5. The zero-order valence-corrected chi connectivity index (χ0v) is 16.3. The second-order valence-corrected chi connectivity index (χ2v) is 8.48. The summed E-state index contributed by atoms with van der Waals surface area (Å²) in [4.78, 5) is 31.9. The Morgan fingerprint density at radius 2 is 1.88 bits per heavy atom. The monoisotopic (exact) mass is 371 g/mol. The lowest BCUT2D eigenvalue weighted by molar-refractivity contribution is -0.00750. The average molecular weight is 372 g/mol. The minimum absolute atomic E-state index is 0.0117. The first-order valence-corrected chi connectivity index (χ1v) is 10.2. The summed E-state index contributed by atoms with van der Waals surface area (Å²) in [5.74, 6) is 0.725. The Bertz CT molecular complexity index is 784. The molecule has 26 heavy (non-hydrogen) atoms. The molecule has 138 valence electrons. The van der Waals surface area contributed by atoms with Gasteiger partial charge in [0.15, 0.2) is 10.8 Å². The van der Waals surface area contributed by atoms with Gasteiger partial charge in [0, 0.05) is 32.0 Å². The van der Waals surface area contributed by atoms with Gasteiger partial charge in [0.1, 0.15) is 4.88 Å². The highest BCUT2D eigenvalue weighted by Crippen LogP contribution is 2.38. The van der Waals surface area contributed by atoms with Crippen molar-refractivity contribution in [1.82, 2.24) is 24.8 Å². The molecule has 2 aromatic rings. The number of hydrogen-bond acceptors (Lipinski definition) is 6. The minimum atomic E-state index is -0.0117. The number of aromatic nitrogens is 3. The summed E-state index contributed by atoms with van der Waals surface area (Å²) >= 11 is 1.42. The third kappa shape index (κ3) is 3.14. The van der Waals surface area contributed by atoms with Crippen LogP contribution in [0.2, 0.25) is 0 Å². The Morgan fingerprint density at radius 1 is 1.15 bits per heavy atom. The molecule has 1 aliphatic heterocycles. The first kappa shape index (κ1) is 17.5. The number of piperazine rings is 1. The molecule has 7 heteroatoms. The van der Waals surface area contributed by atoms with Crippen molar-refractivity contribution in [3.05, 3.63) is 29.0 Å². The number of amides is 1. The van der Waals surface area contributed by atoms with Gasteiger partial charge in [-0.25, -0.2) is 15.0 Å². The molecule has 0 unspecified atom stereocenters. The lowest BCUT2D eigenvalue weighted by Crippen LogP contribution is -2.63. The molecule has 0 radical (unpaired) electrons. The number of hydrogen-bond donors (Lipinski definition) is 0. The van der Waals surface area contributed by atoms with Gasteiger partial charge in [0.25, 0.3) is 5.91 Å². The number of thiazole rings is 1. The predicted molar refractivity (Wildman–Crippen MR) is 102 cm³/mol. The molecule has 4 rings (SSSR count). The standard InChI is InChI=1S/C19H25N5OS/c1-14-15(26-17(22-14)16-20-9-6-10-21-16)18(25)24-12-11-23(2)13-19(24)7-4-3-5-8-19/h6,9-10H,3-5,7-8,11-13H2,1-2H3. The van der Waals surface area contributed by atoms with E-state index in [1.165, 1.54) is 30.6 Å². The summed E-state index contributed by atoms with van der Waals surface area (Å²) in [5, 5.41) is 0.721. The summed E-state index contributed by atoms with van der Waals surface area (Å²) in [7, 11) is 2.17. The molecule has 0 bridgehead atoms. The van der Waals surface area contributed by atoms with Crippen LogP contribution in [0, 0.1) is 6.92 Å². The summed E-state index contributed by atoms with van der Waals surface area (Å²) in [6.07, 6.45) is 9.33. The number of carbonyl (C=O) groups is 1. The molecule has 2 aliphatic rings. The number of aryl methyl sites for hydroxylation is 1. The lowest BCUT2D eigenvalue weighted by Gasteiger charge is -2.52. The summed E-state index contributed by atoms with van der Waals surface area (Å²) < 4.78 is 0. The van der Waals surface area contributed by atoms with Gasteiger partial charge in [-0.3, -0.25) is 4.79 Å². The van der Waals surface area contributed by atoms with E-state index >= 15 is 0 Å². The summed E-state index contributed by atoms with van der Waals surface area (Å²) in [5.41, 5.74) is 0.773. The van der Waals surface area contributed by atoms with Crippen molar-refractivity contribution in [3.8, 4) is 10.8 Å². The normalized spacial score (nSPS) is 20.5. The summed E-state index contributed by atoms with van der Waals surface area (Å²) in [6, 6.07) is 1.78. The van der Waals surface area contributed by atoms with Gasteiger partial charge < -0.3 is 9.80 Å². The smallest absolute Gasteiger partial charge is 0.266 e. The van der Waals surface area contributed by atoms with Gasteiger partial charge in [-0.2, -0.15) is 0 Å². The molecule has 2 fully saturated rings. The van der Waals surface area contributed by atoms with Gasteiger partial charge in [0.05, 0.1) is 11.2 Å². The molecular formula is C19H25N5OS. The lowest BCUT2D eigenvalue weighted by atomic mass is 9.78. The number of carbonyl (C=O) groups excluding carboxylic acids is 1. The zero-order valence-electron chi connectivity index (χ0n) is 15.4. The maximum atomic E-state index is 13.5. The molecule has 2 aromatic heterocycles. The third-order valence-corrected chi connectivity index (χ3v) is 6.76. The van der Waals surface area contributed by atoms with Gasteiger partial charge in [-0.15, -0.1) is 11.3 Å². The van der Waals surface area contributed by atoms with Crippen molar-refractivity contribution in [2.45, 2.75) is 44.6 Å². The van der Waals surface area contributed by atoms with Crippen molar-refractivity contribution in [2.24, 2.45) is 0 Å². The second-order valence-electron chi connectivity index (χ2n) is 7.49. The Balaban J connectivity index is 1.65. The molecule has 0 atom stereocenters. The van der Waals surface area contributed by atoms with Crippen molar-refractivity contribution in [2.75, 3.05) is 26.7 Å². The molecule has 0 N–H and O–H groups in total. The van der Waals surface area contributed by atoms with Crippen LogP contribution in [0.3, 0.4) is 0 Å². The van der Waals surface area contributed by atoms with Crippen molar-refractivity contribution in [1.29, 1.82) is 0 Å². The minimum Gasteiger partial charge on any atom is -0.330 e.